The molecule has 1 aromatic rings. The molecule has 2 rings (SSSR count). The van der Waals surface area contributed by atoms with Gasteiger partial charge in [-0.3, -0.25) is 4.79 Å². The first kappa shape index (κ1) is 13.1. The fourth-order valence-electron chi connectivity index (χ4n) is 2.37. The maximum atomic E-state index is 12.1. The quantitative estimate of drug-likeness (QED) is 0.859. The number of carbonyl (C=O) groups is 1. The molecule has 1 aliphatic carbocycles. The predicted octanol–water partition coefficient (Wildman–Crippen LogP) is 2.30. The predicted molar refractivity (Wildman–Crippen MR) is 72.5 cm³/mol. The van der Waals surface area contributed by atoms with Crippen molar-refractivity contribution in [1.82, 2.24) is 0 Å². The lowest BCUT2D eigenvalue weighted by Crippen LogP contribution is -2.34. The van der Waals surface area contributed by atoms with Gasteiger partial charge < -0.3 is 11.1 Å². The highest BCUT2D eigenvalue weighted by molar-refractivity contribution is 7.16. The number of hydrogen-bond donors (Lipinski definition) is 2. The second-order valence-electron chi connectivity index (χ2n) is 4.79. The molecule has 1 heterocycles. The van der Waals surface area contributed by atoms with Crippen molar-refractivity contribution in [1.29, 1.82) is 5.26 Å². The molecule has 0 saturated heterocycles. The van der Waals surface area contributed by atoms with E-state index in [-0.39, 0.29) is 17.9 Å². The van der Waals surface area contributed by atoms with Crippen LogP contribution in [0.4, 0.5) is 5.00 Å². The Bertz CT molecular complexity index is 515. The van der Waals surface area contributed by atoms with Crippen molar-refractivity contribution in [2.75, 3.05) is 5.32 Å². The highest BCUT2D eigenvalue weighted by atomic mass is 32.1. The van der Waals surface area contributed by atoms with Crippen molar-refractivity contribution in [2.24, 2.45) is 11.7 Å². The monoisotopic (exact) mass is 263 g/mol. The van der Waals surface area contributed by atoms with E-state index in [9.17, 15) is 4.79 Å². The third-order valence-corrected chi connectivity index (χ3v) is 4.76. The van der Waals surface area contributed by atoms with Crippen molar-refractivity contribution in [3.8, 4) is 6.07 Å². The number of rotatable bonds is 2. The van der Waals surface area contributed by atoms with Gasteiger partial charge in [0.1, 0.15) is 11.1 Å². The first-order chi connectivity index (χ1) is 8.54. The first-order valence-electron chi connectivity index (χ1n) is 6.11. The van der Waals surface area contributed by atoms with Gasteiger partial charge in [0.15, 0.2) is 0 Å². The smallest absolute Gasteiger partial charge is 0.229 e. The first-order valence-corrected chi connectivity index (χ1v) is 6.92. The molecule has 2 unspecified atom stereocenters. The van der Waals surface area contributed by atoms with Crippen LogP contribution in [0.2, 0.25) is 0 Å². The maximum Gasteiger partial charge on any atom is 0.229 e. The molecule has 1 aliphatic rings. The molecule has 2 atom stereocenters. The van der Waals surface area contributed by atoms with Crippen molar-refractivity contribution in [3.63, 3.8) is 0 Å². The van der Waals surface area contributed by atoms with Crippen LogP contribution >= 0.6 is 11.3 Å². The number of nitrogens with zero attached hydrogens (tertiary/aromatic N) is 1. The molecule has 0 bridgehead atoms. The summed E-state index contributed by atoms with van der Waals surface area (Å²) in [6.45, 7) is 3.86. The third kappa shape index (κ3) is 2.26. The Morgan fingerprint density at radius 3 is 2.78 bits per heavy atom. The number of nitrogens with two attached hydrogens (primary N) is 1. The molecule has 0 radical (unpaired) electrons. The van der Waals surface area contributed by atoms with E-state index in [4.69, 9.17) is 11.0 Å². The van der Waals surface area contributed by atoms with E-state index in [1.54, 1.807) is 0 Å². The molecule has 5 heteroatoms. The van der Waals surface area contributed by atoms with Crippen LogP contribution < -0.4 is 11.1 Å². The molecule has 1 fully saturated rings. The summed E-state index contributed by atoms with van der Waals surface area (Å²) >= 11 is 1.46. The van der Waals surface area contributed by atoms with Gasteiger partial charge in [0.2, 0.25) is 5.91 Å². The fourth-order valence-corrected chi connectivity index (χ4v) is 3.38. The second-order valence-corrected chi connectivity index (χ2v) is 6.01. The standard InChI is InChI=1S/C13H17N3OS/c1-7-8(2)18-13(10(7)6-14)16-12(17)9-4-3-5-11(9)15/h9,11H,3-5,15H2,1-2H3,(H,16,17). The molecule has 3 N–H and O–H groups in total. The second kappa shape index (κ2) is 5.09. The van der Waals surface area contributed by atoms with E-state index < -0.39 is 0 Å². The number of carbonyl (C=O) groups excluding carboxylic acids is 1. The van der Waals surface area contributed by atoms with E-state index in [0.717, 1.165) is 29.7 Å². The number of aryl methyl sites for hydroxylation is 1. The van der Waals surface area contributed by atoms with Crippen LogP contribution in [0.5, 0.6) is 0 Å². The lowest BCUT2D eigenvalue weighted by molar-refractivity contribution is -0.120. The molecule has 1 amide bonds. The topological polar surface area (TPSA) is 78.9 Å². The molecular weight excluding hydrogens is 246 g/mol. The van der Waals surface area contributed by atoms with Gasteiger partial charge in [0.25, 0.3) is 0 Å². The van der Waals surface area contributed by atoms with E-state index in [1.807, 2.05) is 13.8 Å². The minimum Gasteiger partial charge on any atom is -0.327 e. The van der Waals surface area contributed by atoms with E-state index >= 15 is 0 Å². The highest BCUT2D eigenvalue weighted by Crippen LogP contribution is 2.33. The molecule has 0 aromatic carbocycles. The summed E-state index contributed by atoms with van der Waals surface area (Å²) in [5.74, 6) is -0.156. The molecule has 96 valence electrons. The van der Waals surface area contributed by atoms with Crippen LogP contribution in [-0.4, -0.2) is 11.9 Å². The third-order valence-electron chi connectivity index (χ3n) is 3.64. The Morgan fingerprint density at radius 1 is 1.50 bits per heavy atom. The van der Waals surface area contributed by atoms with E-state index in [2.05, 4.69) is 11.4 Å². The zero-order chi connectivity index (χ0) is 13.3. The number of hydrogen-bond acceptors (Lipinski definition) is 4. The van der Waals surface area contributed by atoms with Gasteiger partial charge in [-0.25, -0.2) is 0 Å². The molecule has 4 nitrogen and oxygen atoms in total. The van der Waals surface area contributed by atoms with Crippen LogP contribution in [0, 0.1) is 31.1 Å². The van der Waals surface area contributed by atoms with Crippen molar-refractivity contribution in [3.05, 3.63) is 16.0 Å². The fraction of sp³-hybridized carbons (Fsp3) is 0.538. The Kier molecular flexibility index (Phi) is 3.69. The maximum absolute atomic E-state index is 12.1. The average molecular weight is 263 g/mol. The summed E-state index contributed by atoms with van der Waals surface area (Å²) in [6, 6.07) is 2.11. The van der Waals surface area contributed by atoms with Crippen molar-refractivity contribution >= 4 is 22.2 Å². The zero-order valence-corrected chi connectivity index (χ0v) is 11.4. The van der Waals surface area contributed by atoms with E-state index in [1.165, 1.54) is 11.3 Å². The SMILES string of the molecule is Cc1sc(NC(=O)C2CCCC2N)c(C#N)c1C. The summed E-state index contributed by atoms with van der Waals surface area (Å²) < 4.78 is 0. The summed E-state index contributed by atoms with van der Waals surface area (Å²) in [5, 5.41) is 12.7. The minimum absolute atomic E-state index is 0.0437. The van der Waals surface area contributed by atoms with Crippen LogP contribution in [0.15, 0.2) is 0 Å². The minimum atomic E-state index is -0.112. The highest BCUT2D eigenvalue weighted by Gasteiger charge is 2.31. The lowest BCUT2D eigenvalue weighted by Gasteiger charge is -2.14. The summed E-state index contributed by atoms with van der Waals surface area (Å²) in [5.41, 5.74) is 7.45. The van der Waals surface area contributed by atoms with Gasteiger partial charge >= 0.3 is 0 Å². The van der Waals surface area contributed by atoms with Crippen LogP contribution in [0.3, 0.4) is 0 Å². The van der Waals surface area contributed by atoms with Gasteiger partial charge in [-0.1, -0.05) is 6.42 Å². The average Bonchev–Trinajstić information content (AvgIpc) is 2.85. The molecule has 0 spiro atoms. The number of thiophene rings is 1. The van der Waals surface area contributed by atoms with Crippen LogP contribution in [-0.2, 0) is 4.79 Å². The molecule has 1 saturated carbocycles. The normalized spacial score (nSPS) is 22.8. The Labute approximate surface area is 111 Å². The Morgan fingerprint density at radius 2 is 2.22 bits per heavy atom. The molecule has 18 heavy (non-hydrogen) atoms. The summed E-state index contributed by atoms with van der Waals surface area (Å²) in [7, 11) is 0. The van der Waals surface area contributed by atoms with Crippen molar-refractivity contribution in [2.45, 2.75) is 39.2 Å². The van der Waals surface area contributed by atoms with Crippen LogP contribution in [0.1, 0.15) is 35.3 Å². The molecule has 0 aliphatic heterocycles. The van der Waals surface area contributed by atoms with Gasteiger partial charge in [-0.2, -0.15) is 5.26 Å². The van der Waals surface area contributed by atoms with Gasteiger partial charge in [0.05, 0.1) is 11.5 Å². The number of nitriles is 1. The lowest BCUT2D eigenvalue weighted by atomic mass is 10.0. The zero-order valence-electron chi connectivity index (χ0n) is 10.6. The largest absolute Gasteiger partial charge is 0.327 e. The number of anilines is 1. The number of nitrogens with one attached hydrogen (secondary N) is 1. The van der Waals surface area contributed by atoms with E-state index in [0.29, 0.717) is 10.6 Å². The summed E-state index contributed by atoms with van der Waals surface area (Å²) in [4.78, 5) is 13.2. The molecular formula is C13H17N3OS. The van der Waals surface area contributed by atoms with Gasteiger partial charge in [-0.05, 0) is 32.3 Å². The number of amides is 1. The van der Waals surface area contributed by atoms with Gasteiger partial charge in [0, 0.05) is 10.9 Å². The Hall–Kier alpha value is -1.38. The van der Waals surface area contributed by atoms with Crippen LogP contribution in [0.25, 0.3) is 0 Å². The van der Waals surface area contributed by atoms with Crippen molar-refractivity contribution < 1.29 is 4.79 Å². The summed E-state index contributed by atoms with van der Waals surface area (Å²) in [6.07, 6.45) is 2.76. The molecule has 1 aromatic heterocycles. The van der Waals surface area contributed by atoms with Gasteiger partial charge in [-0.15, -0.1) is 11.3 Å². The Balaban J connectivity index is 2.17.